The average molecular weight is 531 g/mol. The second kappa shape index (κ2) is 13.8. The molecule has 2 aliphatic heterocycles. The molecule has 1 N–H and O–H groups in total. The number of carbonyl (C=O) groups is 1. The van der Waals surface area contributed by atoms with E-state index < -0.39 is 5.60 Å². The van der Waals surface area contributed by atoms with Crippen LogP contribution in [-0.2, 0) is 16.1 Å². The maximum Gasteiger partial charge on any atom is 0.222 e. The largest absolute Gasteiger partial charge is 0.493 e. The van der Waals surface area contributed by atoms with Gasteiger partial charge in [0.05, 0.1) is 26.9 Å². The van der Waals surface area contributed by atoms with E-state index in [-0.39, 0.29) is 24.9 Å². The molecule has 9 heteroatoms. The molecule has 0 radical (unpaired) electrons. The lowest BCUT2D eigenvalue weighted by atomic mass is 10.1. The van der Waals surface area contributed by atoms with Crippen LogP contribution < -0.4 is 14.2 Å². The number of nitrogens with zero attached hydrogens (tertiary/aromatic N) is 2. The van der Waals surface area contributed by atoms with Crippen LogP contribution in [0.2, 0.25) is 0 Å². The number of hydrogen-bond acceptors (Lipinski definition) is 7. The molecular formula is C29H39FN2O6. The van der Waals surface area contributed by atoms with Crippen LogP contribution in [0.4, 0.5) is 4.39 Å². The number of rotatable bonds is 11. The number of amides is 1. The standard InChI is InChI=1S/C29H39FN2O6/c1-35-27-17-23(10-11-26(27)37-15-6-13-32-12-4-2-3-9-28(32)33)19-31-14-16-36-21-29(34,20-31)22-38-25-8-5-7-24(30)18-25/h5,7-8,10-11,17-18,34H,2-4,6,9,12-16,19-22H2,1H3/t29-/m0/s1. The van der Waals surface area contributed by atoms with Crippen LogP contribution in [0.5, 0.6) is 17.2 Å². The minimum atomic E-state index is -1.23. The Morgan fingerprint density at radius 2 is 1.97 bits per heavy atom. The SMILES string of the molecule is COc1cc(CN2CCOC[C@](O)(COc3cccc(F)c3)C2)ccc1OCCCN1CCCCCC1=O. The Kier molecular flexibility index (Phi) is 10.2. The average Bonchev–Trinajstić information content (AvgIpc) is 3.23. The smallest absolute Gasteiger partial charge is 0.222 e. The Balaban J connectivity index is 1.29. The summed E-state index contributed by atoms with van der Waals surface area (Å²) in [5.74, 6) is 1.53. The number of carbonyl (C=O) groups excluding carboxylic acids is 1. The molecule has 0 aliphatic carbocycles. The van der Waals surface area contributed by atoms with Crippen molar-refractivity contribution < 1.29 is 33.2 Å². The maximum atomic E-state index is 13.5. The van der Waals surface area contributed by atoms with E-state index in [1.165, 1.54) is 12.1 Å². The van der Waals surface area contributed by atoms with E-state index in [1.54, 1.807) is 19.2 Å². The zero-order valence-electron chi connectivity index (χ0n) is 22.2. The third-order valence-corrected chi connectivity index (χ3v) is 6.88. The van der Waals surface area contributed by atoms with Crippen molar-refractivity contribution in [1.29, 1.82) is 0 Å². The minimum Gasteiger partial charge on any atom is -0.493 e. The zero-order valence-corrected chi connectivity index (χ0v) is 22.2. The summed E-state index contributed by atoms with van der Waals surface area (Å²) in [6, 6.07) is 11.7. The van der Waals surface area contributed by atoms with Gasteiger partial charge in [-0.3, -0.25) is 9.69 Å². The monoisotopic (exact) mass is 530 g/mol. The third-order valence-electron chi connectivity index (χ3n) is 6.88. The lowest BCUT2D eigenvalue weighted by Crippen LogP contribution is -2.48. The maximum absolute atomic E-state index is 13.5. The molecule has 0 aromatic heterocycles. The summed E-state index contributed by atoms with van der Waals surface area (Å²) in [4.78, 5) is 16.2. The number of likely N-dealkylation sites (tertiary alicyclic amines) is 1. The predicted molar refractivity (Wildman–Crippen MR) is 141 cm³/mol. The molecule has 0 bridgehead atoms. The molecule has 38 heavy (non-hydrogen) atoms. The normalized spacial score (nSPS) is 21.0. The van der Waals surface area contributed by atoms with Gasteiger partial charge in [-0.2, -0.15) is 0 Å². The van der Waals surface area contributed by atoms with Crippen molar-refractivity contribution in [2.75, 3.05) is 59.7 Å². The summed E-state index contributed by atoms with van der Waals surface area (Å²) in [7, 11) is 1.62. The predicted octanol–water partition coefficient (Wildman–Crippen LogP) is 3.65. The van der Waals surface area contributed by atoms with Crippen LogP contribution in [0.1, 0.15) is 37.7 Å². The Labute approximate surface area is 224 Å². The van der Waals surface area contributed by atoms with Crippen LogP contribution in [-0.4, -0.2) is 86.1 Å². The van der Waals surface area contributed by atoms with E-state index in [4.69, 9.17) is 18.9 Å². The molecular weight excluding hydrogens is 491 g/mol. The van der Waals surface area contributed by atoms with Gasteiger partial charge in [0.1, 0.15) is 23.8 Å². The molecule has 1 atom stereocenters. The van der Waals surface area contributed by atoms with Gasteiger partial charge in [0.2, 0.25) is 5.91 Å². The highest BCUT2D eigenvalue weighted by Crippen LogP contribution is 2.29. The number of aliphatic hydroxyl groups is 1. The van der Waals surface area contributed by atoms with Gasteiger partial charge in [0, 0.05) is 45.2 Å². The molecule has 2 fully saturated rings. The first-order valence-electron chi connectivity index (χ1n) is 13.4. The highest BCUT2D eigenvalue weighted by Gasteiger charge is 2.33. The lowest BCUT2D eigenvalue weighted by molar-refractivity contribution is -0.130. The Morgan fingerprint density at radius 1 is 1.08 bits per heavy atom. The summed E-state index contributed by atoms with van der Waals surface area (Å²) < 4.78 is 36.4. The van der Waals surface area contributed by atoms with Crippen molar-refractivity contribution in [1.82, 2.24) is 9.80 Å². The van der Waals surface area contributed by atoms with Crippen molar-refractivity contribution in [3.63, 3.8) is 0 Å². The number of methoxy groups -OCH3 is 1. The lowest BCUT2D eigenvalue weighted by Gasteiger charge is -2.30. The van der Waals surface area contributed by atoms with Crippen LogP contribution in [0.25, 0.3) is 0 Å². The Morgan fingerprint density at radius 3 is 2.82 bits per heavy atom. The van der Waals surface area contributed by atoms with Gasteiger partial charge in [-0.1, -0.05) is 18.6 Å². The molecule has 2 heterocycles. The van der Waals surface area contributed by atoms with E-state index >= 15 is 0 Å². The zero-order chi connectivity index (χ0) is 26.8. The topological polar surface area (TPSA) is 80.7 Å². The minimum absolute atomic E-state index is 0.00786. The van der Waals surface area contributed by atoms with E-state index in [1.807, 2.05) is 23.1 Å². The summed E-state index contributed by atoms with van der Waals surface area (Å²) >= 11 is 0. The molecule has 0 unspecified atom stereocenters. The molecule has 208 valence electrons. The molecule has 1 amide bonds. The summed E-state index contributed by atoms with van der Waals surface area (Å²) in [6.45, 7) is 4.24. The van der Waals surface area contributed by atoms with Crippen molar-refractivity contribution in [3.05, 3.63) is 53.8 Å². The molecule has 0 spiro atoms. The fourth-order valence-electron chi connectivity index (χ4n) is 4.89. The van der Waals surface area contributed by atoms with Gasteiger partial charge >= 0.3 is 0 Å². The van der Waals surface area contributed by atoms with E-state index in [0.29, 0.717) is 63.1 Å². The number of benzene rings is 2. The fourth-order valence-corrected chi connectivity index (χ4v) is 4.89. The van der Waals surface area contributed by atoms with Crippen molar-refractivity contribution in [2.24, 2.45) is 0 Å². The van der Waals surface area contributed by atoms with E-state index in [2.05, 4.69) is 4.90 Å². The van der Waals surface area contributed by atoms with Crippen LogP contribution in [0, 0.1) is 5.82 Å². The highest BCUT2D eigenvalue weighted by atomic mass is 19.1. The summed E-state index contributed by atoms with van der Waals surface area (Å²) in [5.41, 5.74) is -0.218. The number of β-amino-alcohol motifs (C(OH)–C–C–N with tert-alkyl or cyclic N) is 1. The van der Waals surface area contributed by atoms with Gasteiger partial charge in [0.15, 0.2) is 11.5 Å². The van der Waals surface area contributed by atoms with E-state index in [0.717, 1.165) is 37.8 Å². The first-order valence-corrected chi connectivity index (χ1v) is 13.4. The molecule has 2 aromatic carbocycles. The van der Waals surface area contributed by atoms with Gasteiger partial charge in [-0.15, -0.1) is 0 Å². The van der Waals surface area contributed by atoms with Crippen LogP contribution >= 0.6 is 0 Å². The number of ether oxygens (including phenoxy) is 4. The van der Waals surface area contributed by atoms with Crippen molar-refractivity contribution in [2.45, 2.75) is 44.2 Å². The van der Waals surface area contributed by atoms with E-state index in [9.17, 15) is 14.3 Å². The summed E-state index contributed by atoms with van der Waals surface area (Å²) in [6.07, 6.45) is 4.59. The van der Waals surface area contributed by atoms with Gasteiger partial charge < -0.3 is 29.0 Å². The Bertz CT molecular complexity index is 1050. The van der Waals surface area contributed by atoms with Crippen LogP contribution in [0.3, 0.4) is 0 Å². The molecule has 8 nitrogen and oxygen atoms in total. The van der Waals surface area contributed by atoms with Crippen molar-refractivity contribution in [3.8, 4) is 17.2 Å². The van der Waals surface area contributed by atoms with Gasteiger partial charge in [-0.05, 0) is 49.1 Å². The molecule has 2 saturated heterocycles. The second-order valence-electron chi connectivity index (χ2n) is 10.1. The van der Waals surface area contributed by atoms with Crippen molar-refractivity contribution >= 4 is 5.91 Å². The third kappa shape index (κ3) is 8.31. The highest BCUT2D eigenvalue weighted by molar-refractivity contribution is 5.76. The second-order valence-corrected chi connectivity index (χ2v) is 10.1. The van der Waals surface area contributed by atoms with Gasteiger partial charge in [-0.25, -0.2) is 4.39 Å². The molecule has 2 aromatic rings. The molecule has 2 aliphatic rings. The molecule has 0 saturated carbocycles. The number of hydrogen-bond donors (Lipinski definition) is 1. The Hall–Kier alpha value is -2.88. The number of halogens is 1. The summed E-state index contributed by atoms with van der Waals surface area (Å²) in [5, 5.41) is 11.2. The quantitative estimate of drug-likeness (QED) is 0.444. The molecule has 4 rings (SSSR count). The van der Waals surface area contributed by atoms with Gasteiger partial charge in [0.25, 0.3) is 0 Å². The fraction of sp³-hybridized carbons (Fsp3) is 0.552. The van der Waals surface area contributed by atoms with Crippen LogP contribution in [0.15, 0.2) is 42.5 Å². The first-order chi connectivity index (χ1) is 18.4. The first kappa shape index (κ1) is 28.1.